The summed E-state index contributed by atoms with van der Waals surface area (Å²) in [5, 5.41) is 0. The van der Waals surface area contributed by atoms with E-state index in [9.17, 15) is 0 Å². The van der Waals surface area contributed by atoms with Crippen LogP contribution < -0.4 is 0 Å². The van der Waals surface area contributed by atoms with Gasteiger partial charge in [-0.1, -0.05) is 18.6 Å². The normalized spacial score (nSPS) is 29.5. The SMILES string of the molecule is ClC/C=C/CN1CCN2CCCCC2C1. The molecule has 86 valence electrons. The number of halogens is 1. The van der Waals surface area contributed by atoms with Gasteiger partial charge in [-0.2, -0.15) is 0 Å². The van der Waals surface area contributed by atoms with Crippen molar-refractivity contribution in [2.45, 2.75) is 25.3 Å². The number of nitrogens with zero attached hydrogens (tertiary/aromatic N) is 2. The minimum absolute atomic E-state index is 0.642. The summed E-state index contributed by atoms with van der Waals surface area (Å²) in [5.74, 6) is 0.642. The number of piperazine rings is 1. The van der Waals surface area contributed by atoms with Gasteiger partial charge in [0.25, 0.3) is 0 Å². The molecule has 0 aromatic carbocycles. The van der Waals surface area contributed by atoms with Crippen LogP contribution >= 0.6 is 11.6 Å². The largest absolute Gasteiger partial charge is 0.298 e. The third kappa shape index (κ3) is 3.20. The van der Waals surface area contributed by atoms with Gasteiger partial charge in [0.2, 0.25) is 0 Å². The summed E-state index contributed by atoms with van der Waals surface area (Å²) in [5.41, 5.74) is 0. The third-order valence-electron chi connectivity index (χ3n) is 3.54. The molecule has 2 nitrogen and oxygen atoms in total. The first kappa shape index (κ1) is 11.4. The fraction of sp³-hybridized carbons (Fsp3) is 0.833. The molecule has 2 aliphatic heterocycles. The number of hydrogen-bond acceptors (Lipinski definition) is 2. The van der Waals surface area contributed by atoms with Gasteiger partial charge in [-0.25, -0.2) is 0 Å². The highest BCUT2D eigenvalue weighted by atomic mass is 35.5. The van der Waals surface area contributed by atoms with E-state index >= 15 is 0 Å². The zero-order chi connectivity index (χ0) is 10.5. The molecule has 0 aliphatic carbocycles. The van der Waals surface area contributed by atoms with Gasteiger partial charge in [0.1, 0.15) is 0 Å². The molecule has 0 aromatic heterocycles. The average Bonchev–Trinajstić information content (AvgIpc) is 2.29. The highest BCUT2D eigenvalue weighted by Gasteiger charge is 2.27. The van der Waals surface area contributed by atoms with Crippen molar-refractivity contribution < 1.29 is 0 Å². The van der Waals surface area contributed by atoms with Crippen molar-refractivity contribution in [2.75, 3.05) is 38.6 Å². The van der Waals surface area contributed by atoms with E-state index in [4.69, 9.17) is 11.6 Å². The van der Waals surface area contributed by atoms with Crippen molar-refractivity contribution in [1.82, 2.24) is 9.80 Å². The van der Waals surface area contributed by atoms with Crippen molar-refractivity contribution in [3.63, 3.8) is 0 Å². The third-order valence-corrected chi connectivity index (χ3v) is 3.72. The van der Waals surface area contributed by atoms with Crippen LogP contribution in [0.3, 0.4) is 0 Å². The predicted octanol–water partition coefficient (Wildman–Crippen LogP) is 1.95. The van der Waals surface area contributed by atoms with E-state index in [1.54, 1.807) is 0 Å². The zero-order valence-electron chi connectivity index (χ0n) is 9.37. The van der Waals surface area contributed by atoms with Gasteiger partial charge in [0.15, 0.2) is 0 Å². The van der Waals surface area contributed by atoms with Crippen LogP contribution in [0, 0.1) is 0 Å². The molecule has 2 heterocycles. The lowest BCUT2D eigenvalue weighted by molar-refractivity contribution is 0.0552. The fourth-order valence-corrected chi connectivity index (χ4v) is 2.80. The molecule has 1 atom stereocenters. The Labute approximate surface area is 97.9 Å². The maximum atomic E-state index is 5.62. The molecule has 15 heavy (non-hydrogen) atoms. The summed E-state index contributed by atoms with van der Waals surface area (Å²) >= 11 is 5.62. The van der Waals surface area contributed by atoms with Crippen LogP contribution in [0.4, 0.5) is 0 Å². The van der Waals surface area contributed by atoms with Gasteiger partial charge in [0.05, 0.1) is 0 Å². The zero-order valence-corrected chi connectivity index (χ0v) is 10.1. The lowest BCUT2D eigenvalue weighted by Crippen LogP contribution is -2.54. The van der Waals surface area contributed by atoms with E-state index in [-0.39, 0.29) is 0 Å². The lowest BCUT2D eigenvalue weighted by atomic mass is 9.99. The Morgan fingerprint density at radius 2 is 2.07 bits per heavy atom. The van der Waals surface area contributed by atoms with E-state index in [1.165, 1.54) is 45.4 Å². The van der Waals surface area contributed by atoms with Gasteiger partial charge in [-0.05, 0) is 19.4 Å². The molecule has 2 rings (SSSR count). The fourth-order valence-electron chi connectivity index (χ4n) is 2.67. The van der Waals surface area contributed by atoms with Gasteiger partial charge in [-0.15, -0.1) is 11.6 Å². The Bertz CT molecular complexity index is 218. The van der Waals surface area contributed by atoms with Crippen LogP contribution in [0.1, 0.15) is 19.3 Å². The summed E-state index contributed by atoms with van der Waals surface area (Å²) in [7, 11) is 0. The van der Waals surface area contributed by atoms with E-state index < -0.39 is 0 Å². The monoisotopic (exact) mass is 228 g/mol. The highest BCUT2D eigenvalue weighted by molar-refractivity contribution is 6.18. The second-order valence-electron chi connectivity index (χ2n) is 4.57. The quantitative estimate of drug-likeness (QED) is 0.538. The second kappa shape index (κ2) is 5.88. The van der Waals surface area contributed by atoms with E-state index in [0.717, 1.165) is 12.6 Å². The smallest absolute Gasteiger partial charge is 0.0404 e. The predicted molar refractivity (Wildman–Crippen MR) is 65.5 cm³/mol. The molecule has 0 bridgehead atoms. The minimum atomic E-state index is 0.642. The van der Waals surface area contributed by atoms with E-state index in [2.05, 4.69) is 22.0 Å². The average molecular weight is 229 g/mol. The van der Waals surface area contributed by atoms with Gasteiger partial charge < -0.3 is 0 Å². The van der Waals surface area contributed by atoms with Crippen LogP contribution in [-0.4, -0.2) is 54.4 Å². The Balaban J connectivity index is 1.78. The topological polar surface area (TPSA) is 6.48 Å². The highest BCUT2D eigenvalue weighted by Crippen LogP contribution is 2.20. The van der Waals surface area contributed by atoms with Gasteiger partial charge >= 0.3 is 0 Å². The number of alkyl halides is 1. The van der Waals surface area contributed by atoms with Crippen molar-refractivity contribution >= 4 is 11.6 Å². The number of piperidine rings is 1. The molecular formula is C12H21ClN2. The Hall–Kier alpha value is -0.0500. The summed E-state index contributed by atoms with van der Waals surface area (Å²) in [4.78, 5) is 5.22. The van der Waals surface area contributed by atoms with Crippen molar-refractivity contribution in [3.8, 4) is 0 Å². The van der Waals surface area contributed by atoms with Crippen LogP contribution in [0.15, 0.2) is 12.2 Å². The van der Waals surface area contributed by atoms with Crippen LogP contribution in [-0.2, 0) is 0 Å². The summed E-state index contributed by atoms with van der Waals surface area (Å²) < 4.78 is 0. The molecule has 0 spiro atoms. The van der Waals surface area contributed by atoms with Crippen LogP contribution in [0.2, 0.25) is 0 Å². The Kier molecular flexibility index (Phi) is 4.48. The Morgan fingerprint density at radius 3 is 2.93 bits per heavy atom. The second-order valence-corrected chi connectivity index (χ2v) is 4.88. The first-order valence-corrected chi connectivity index (χ1v) is 6.61. The summed E-state index contributed by atoms with van der Waals surface area (Å²) in [6.45, 7) is 6.15. The minimum Gasteiger partial charge on any atom is -0.298 e. The maximum absolute atomic E-state index is 5.62. The molecule has 2 saturated heterocycles. The van der Waals surface area contributed by atoms with E-state index in [0.29, 0.717) is 5.88 Å². The molecule has 2 fully saturated rings. The molecule has 3 heteroatoms. The molecule has 0 radical (unpaired) electrons. The maximum Gasteiger partial charge on any atom is 0.0404 e. The number of fused-ring (bicyclic) bond motifs is 1. The lowest BCUT2D eigenvalue weighted by Gasteiger charge is -2.43. The molecule has 1 unspecified atom stereocenters. The molecule has 0 aromatic rings. The first-order chi connectivity index (χ1) is 7.40. The summed E-state index contributed by atoms with van der Waals surface area (Å²) in [6.07, 6.45) is 8.48. The molecule has 0 amide bonds. The van der Waals surface area contributed by atoms with E-state index in [1.807, 2.05) is 0 Å². The first-order valence-electron chi connectivity index (χ1n) is 6.07. The van der Waals surface area contributed by atoms with Gasteiger partial charge in [-0.3, -0.25) is 9.80 Å². The standard InChI is InChI=1S/C12H21ClN2/c13-6-2-4-7-14-9-10-15-8-3-1-5-12(15)11-14/h2,4,12H,1,3,5-11H2/b4-2+. The molecular weight excluding hydrogens is 208 g/mol. The number of allylic oxidation sites excluding steroid dienone is 1. The number of rotatable bonds is 3. The van der Waals surface area contributed by atoms with Crippen molar-refractivity contribution in [3.05, 3.63) is 12.2 Å². The molecule has 2 aliphatic rings. The Morgan fingerprint density at radius 1 is 1.13 bits per heavy atom. The summed E-state index contributed by atoms with van der Waals surface area (Å²) in [6, 6.07) is 0.830. The van der Waals surface area contributed by atoms with Gasteiger partial charge in [0, 0.05) is 38.1 Å². The molecule has 0 saturated carbocycles. The van der Waals surface area contributed by atoms with Crippen LogP contribution in [0.25, 0.3) is 0 Å². The van der Waals surface area contributed by atoms with Crippen molar-refractivity contribution in [2.24, 2.45) is 0 Å². The van der Waals surface area contributed by atoms with Crippen LogP contribution in [0.5, 0.6) is 0 Å². The number of hydrogen-bond donors (Lipinski definition) is 0. The molecule has 0 N–H and O–H groups in total. The van der Waals surface area contributed by atoms with Crippen molar-refractivity contribution in [1.29, 1.82) is 0 Å².